The summed E-state index contributed by atoms with van der Waals surface area (Å²) >= 11 is 1.48. The normalized spacial score (nSPS) is 11.1. The lowest BCUT2D eigenvalue weighted by molar-refractivity contribution is 0.414. The Morgan fingerprint density at radius 2 is 1.88 bits per heavy atom. The predicted octanol–water partition coefficient (Wildman–Crippen LogP) is 3.92. The molecule has 126 valence electrons. The van der Waals surface area contributed by atoms with Crippen molar-refractivity contribution in [1.29, 1.82) is 0 Å². The molecule has 0 amide bonds. The van der Waals surface area contributed by atoms with E-state index < -0.39 is 0 Å². The number of ether oxygens (including phenoxy) is 1. The molecule has 2 aromatic heterocycles. The molecule has 0 aliphatic carbocycles. The Bertz CT molecular complexity index is 1010. The Hall–Kier alpha value is -2.80. The Labute approximate surface area is 148 Å². The number of hydrogen-bond acceptors (Lipinski definition) is 6. The summed E-state index contributed by atoms with van der Waals surface area (Å²) in [4.78, 5) is 4.65. The largest absolute Gasteiger partial charge is 0.497 e. The predicted molar refractivity (Wildman–Crippen MR) is 96.6 cm³/mol. The smallest absolute Gasteiger partial charge is 0.277 e. The summed E-state index contributed by atoms with van der Waals surface area (Å²) in [6.07, 6.45) is 0. The van der Waals surface area contributed by atoms with E-state index in [-0.39, 0.29) is 0 Å². The molecular weight excluding hydrogens is 336 g/mol. The van der Waals surface area contributed by atoms with E-state index in [1.165, 1.54) is 11.8 Å². The van der Waals surface area contributed by atoms with Crippen molar-refractivity contribution in [2.24, 2.45) is 7.05 Å². The fourth-order valence-corrected chi connectivity index (χ4v) is 3.32. The molecule has 0 saturated heterocycles. The molecule has 2 aromatic carbocycles. The molecule has 4 aromatic rings. The van der Waals surface area contributed by atoms with Gasteiger partial charge in [-0.05, 0) is 36.4 Å². The van der Waals surface area contributed by atoms with Crippen LogP contribution in [0.1, 0.15) is 5.82 Å². The van der Waals surface area contributed by atoms with Crippen molar-refractivity contribution in [2.45, 2.75) is 11.0 Å². The van der Waals surface area contributed by atoms with Gasteiger partial charge in [0, 0.05) is 12.6 Å². The minimum atomic E-state index is 0.496. The number of methoxy groups -OCH3 is 1. The molecule has 4 rings (SSSR count). The first kappa shape index (κ1) is 15.7. The van der Waals surface area contributed by atoms with E-state index in [0.717, 1.165) is 28.2 Å². The van der Waals surface area contributed by atoms with Crippen LogP contribution in [0.4, 0.5) is 0 Å². The molecule has 0 N–H and O–H groups in total. The SMILES string of the molecule is COc1ccc(-c2nnc(SCc3nc4ccccc4n3C)o2)cc1. The highest BCUT2D eigenvalue weighted by atomic mass is 32.2. The van der Waals surface area contributed by atoms with Crippen LogP contribution in [-0.4, -0.2) is 26.9 Å². The van der Waals surface area contributed by atoms with Gasteiger partial charge in [0.2, 0.25) is 5.89 Å². The zero-order valence-electron chi connectivity index (χ0n) is 13.8. The Morgan fingerprint density at radius 1 is 1.08 bits per heavy atom. The number of rotatable bonds is 5. The maximum Gasteiger partial charge on any atom is 0.277 e. The van der Waals surface area contributed by atoms with E-state index in [2.05, 4.69) is 25.8 Å². The average Bonchev–Trinajstić information content (AvgIpc) is 3.25. The van der Waals surface area contributed by atoms with Crippen LogP contribution in [0.25, 0.3) is 22.5 Å². The third-order valence-corrected chi connectivity index (χ3v) is 4.76. The van der Waals surface area contributed by atoms with Crippen LogP contribution < -0.4 is 4.74 Å². The van der Waals surface area contributed by atoms with Gasteiger partial charge in [-0.1, -0.05) is 23.9 Å². The summed E-state index contributed by atoms with van der Waals surface area (Å²) in [6, 6.07) is 15.6. The van der Waals surface area contributed by atoms with E-state index in [4.69, 9.17) is 9.15 Å². The fraction of sp³-hybridized carbons (Fsp3) is 0.167. The summed E-state index contributed by atoms with van der Waals surface area (Å²) < 4.78 is 13.0. The van der Waals surface area contributed by atoms with E-state index in [1.54, 1.807) is 7.11 Å². The van der Waals surface area contributed by atoms with Crippen molar-refractivity contribution in [3.05, 3.63) is 54.4 Å². The summed E-state index contributed by atoms with van der Waals surface area (Å²) in [6.45, 7) is 0. The number of fused-ring (bicyclic) bond motifs is 1. The van der Waals surface area contributed by atoms with Crippen molar-refractivity contribution in [3.63, 3.8) is 0 Å². The molecule has 0 spiro atoms. The van der Waals surface area contributed by atoms with Crippen LogP contribution in [-0.2, 0) is 12.8 Å². The van der Waals surface area contributed by atoms with Gasteiger partial charge in [-0.25, -0.2) is 4.98 Å². The second-order valence-electron chi connectivity index (χ2n) is 5.47. The number of nitrogens with zero attached hydrogens (tertiary/aromatic N) is 4. The molecule has 0 fully saturated rings. The Morgan fingerprint density at radius 3 is 2.64 bits per heavy atom. The molecule has 0 bridgehead atoms. The van der Waals surface area contributed by atoms with Crippen LogP contribution in [0.3, 0.4) is 0 Å². The van der Waals surface area contributed by atoms with Gasteiger partial charge >= 0.3 is 0 Å². The van der Waals surface area contributed by atoms with Crippen LogP contribution in [0.15, 0.2) is 58.2 Å². The maximum absolute atomic E-state index is 5.74. The number of hydrogen-bond donors (Lipinski definition) is 0. The van der Waals surface area contributed by atoms with Crippen LogP contribution >= 0.6 is 11.8 Å². The highest BCUT2D eigenvalue weighted by Gasteiger charge is 2.12. The van der Waals surface area contributed by atoms with Crippen molar-refractivity contribution >= 4 is 22.8 Å². The van der Waals surface area contributed by atoms with Crippen LogP contribution in [0.5, 0.6) is 5.75 Å². The zero-order valence-corrected chi connectivity index (χ0v) is 14.7. The average molecular weight is 352 g/mol. The lowest BCUT2D eigenvalue weighted by Crippen LogP contribution is -1.95. The van der Waals surface area contributed by atoms with Gasteiger partial charge in [0.05, 0.1) is 23.9 Å². The van der Waals surface area contributed by atoms with Gasteiger partial charge < -0.3 is 13.7 Å². The molecule has 0 saturated carbocycles. The number of aromatic nitrogens is 4. The van der Waals surface area contributed by atoms with Crippen molar-refractivity contribution in [2.75, 3.05) is 7.11 Å². The first-order valence-electron chi connectivity index (χ1n) is 7.75. The van der Waals surface area contributed by atoms with E-state index >= 15 is 0 Å². The second-order valence-corrected chi connectivity index (χ2v) is 6.39. The summed E-state index contributed by atoms with van der Waals surface area (Å²) in [5.41, 5.74) is 2.97. The van der Waals surface area contributed by atoms with Crippen LogP contribution in [0, 0.1) is 0 Å². The number of aryl methyl sites for hydroxylation is 1. The third-order valence-electron chi connectivity index (χ3n) is 3.95. The van der Waals surface area contributed by atoms with Crippen molar-refractivity contribution in [3.8, 4) is 17.2 Å². The number of para-hydroxylation sites is 2. The zero-order chi connectivity index (χ0) is 17.2. The molecule has 7 heteroatoms. The molecule has 0 radical (unpaired) electrons. The number of thioether (sulfide) groups is 1. The van der Waals surface area contributed by atoms with Crippen molar-refractivity contribution in [1.82, 2.24) is 19.7 Å². The Balaban J connectivity index is 1.49. The second kappa shape index (κ2) is 6.60. The summed E-state index contributed by atoms with van der Waals surface area (Å²) in [5, 5.41) is 8.75. The van der Waals surface area contributed by atoms with E-state index in [0.29, 0.717) is 16.9 Å². The van der Waals surface area contributed by atoms with Gasteiger partial charge in [-0.3, -0.25) is 0 Å². The fourth-order valence-electron chi connectivity index (χ4n) is 2.57. The molecular formula is C18H16N4O2S. The van der Waals surface area contributed by atoms with Gasteiger partial charge in [-0.15, -0.1) is 10.2 Å². The van der Waals surface area contributed by atoms with Crippen molar-refractivity contribution < 1.29 is 9.15 Å². The lowest BCUT2D eigenvalue weighted by Gasteiger charge is -2.00. The standard InChI is InChI=1S/C18H16N4O2S/c1-22-15-6-4-3-5-14(15)19-16(22)11-25-18-21-20-17(24-18)12-7-9-13(23-2)10-8-12/h3-10H,11H2,1-2H3. The minimum Gasteiger partial charge on any atom is -0.497 e. The third kappa shape index (κ3) is 3.10. The number of benzene rings is 2. The first-order valence-corrected chi connectivity index (χ1v) is 8.74. The summed E-state index contributed by atoms with van der Waals surface area (Å²) in [7, 11) is 3.65. The quantitative estimate of drug-likeness (QED) is 0.507. The monoisotopic (exact) mass is 352 g/mol. The van der Waals surface area contributed by atoms with Gasteiger partial charge in [0.25, 0.3) is 5.22 Å². The molecule has 6 nitrogen and oxygen atoms in total. The Kier molecular flexibility index (Phi) is 4.15. The van der Waals surface area contributed by atoms with E-state index in [1.807, 2.05) is 49.5 Å². The summed E-state index contributed by atoms with van der Waals surface area (Å²) in [5.74, 6) is 2.92. The van der Waals surface area contributed by atoms with Crippen LogP contribution in [0.2, 0.25) is 0 Å². The first-order chi connectivity index (χ1) is 12.2. The van der Waals surface area contributed by atoms with Gasteiger partial charge in [-0.2, -0.15) is 0 Å². The van der Waals surface area contributed by atoms with E-state index in [9.17, 15) is 0 Å². The highest BCUT2D eigenvalue weighted by molar-refractivity contribution is 7.98. The molecule has 0 unspecified atom stereocenters. The molecule has 2 heterocycles. The maximum atomic E-state index is 5.74. The molecule has 25 heavy (non-hydrogen) atoms. The molecule has 0 aliphatic heterocycles. The number of imidazole rings is 1. The van der Waals surface area contributed by atoms with Gasteiger partial charge in [0.1, 0.15) is 11.6 Å². The highest BCUT2D eigenvalue weighted by Crippen LogP contribution is 2.27. The minimum absolute atomic E-state index is 0.496. The molecule has 0 aliphatic rings. The molecule has 0 atom stereocenters. The lowest BCUT2D eigenvalue weighted by atomic mass is 10.2. The van der Waals surface area contributed by atoms with Gasteiger partial charge in [0.15, 0.2) is 0 Å². The topological polar surface area (TPSA) is 66.0 Å².